The lowest BCUT2D eigenvalue weighted by Gasteiger charge is -2.14. The minimum atomic E-state index is -0.433. The van der Waals surface area contributed by atoms with E-state index < -0.39 is 5.82 Å². The minimum absolute atomic E-state index is 0.0389. The Morgan fingerprint density at radius 3 is 2.21 bits per heavy atom. The molecule has 0 spiro atoms. The molecule has 0 unspecified atom stereocenters. The van der Waals surface area contributed by atoms with Crippen molar-refractivity contribution in [2.75, 3.05) is 5.73 Å². The molecule has 0 saturated carbocycles. The van der Waals surface area contributed by atoms with E-state index in [1.54, 1.807) is 6.07 Å². The lowest BCUT2D eigenvalue weighted by Crippen LogP contribution is -2.23. The van der Waals surface area contributed by atoms with Crippen LogP contribution in [-0.2, 0) is 0 Å². The van der Waals surface area contributed by atoms with Crippen LogP contribution in [0, 0.1) is 5.82 Å². The van der Waals surface area contributed by atoms with E-state index in [0.717, 1.165) is 11.1 Å². The van der Waals surface area contributed by atoms with Gasteiger partial charge in [-0.3, -0.25) is 14.2 Å². The van der Waals surface area contributed by atoms with E-state index in [4.69, 9.17) is 5.73 Å². The van der Waals surface area contributed by atoms with E-state index in [9.17, 15) is 14.0 Å². The summed E-state index contributed by atoms with van der Waals surface area (Å²) < 4.78 is 14.5. The van der Waals surface area contributed by atoms with Gasteiger partial charge in [-0.15, -0.1) is 0 Å². The van der Waals surface area contributed by atoms with Gasteiger partial charge in [-0.25, -0.2) is 4.39 Å². The second-order valence-corrected chi connectivity index (χ2v) is 6.56. The monoisotopic (exact) mass is 384 g/mol. The van der Waals surface area contributed by atoms with E-state index >= 15 is 0 Å². The van der Waals surface area contributed by atoms with E-state index in [2.05, 4.69) is 0 Å². The molecule has 4 nitrogen and oxygen atoms in total. The summed E-state index contributed by atoms with van der Waals surface area (Å²) in [6.45, 7) is 0. The van der Waals surface area contributed by atoms with Crippen molar-refractivity contribution in [3.63, 3.8) is 0 Å². The second kappa shape index (κ2) is 7.56. The molecule has 2 N–H and O–H groups in total. The number of anilines is 1. The number of carbonyl (C=O) groups is 1. The van der Waals surface area contributed by atoms with Crippen molar-refractivity contribution < 1.29 is 9.18 Å². The highest BCUT2D eigenvalue weighted by Gasteiger charge is 2.17. The number of hydrogen-bond donors (Lipinski definition) is 1. The molecule has 0 bridgehead atoms. The third kappa shape index (κ3) is 3.58. The van der Waals surface area contributed by atoms with Gasteiger partial charge in [0.25, 0.3) is 5.56 Å². The Morgan fingerprint density at radius 1 is 0.793 bits per heavy atom. The van der Waals surface area contributed by atoms with Crippen LogP contribution in [0.5, 0.6) is 0 Å². The molecule has 0 fully saturated rings. The molecule has 0 atom stereocenters. The van der Waals surface area contributed by atoms with Gasteiger partial charge < -0.3 is 5.73 Å². The van der Waals surface area contributed by atoms with Crippen LogP contribution < -0.4 is 11.3 Å². The van der Waals surface area contributed by atoms with Gasteiger partial charge in [0, 0.05) is 11.6 Å². The van der Waals surface area contributed by atoms with E-state index in [0.29, 0.717) is 11.3 Å². The van der Waals surface area contributed by atoms with Crippen molar-refractivity contribution in [3.8, 4) is 16.8 Å². The smallest absolute Gasteiger partial charge is 0.256 e. The molecule has 0 aliphatic carbocycles. The van der Waals surface area contributed by atoms with E-state index in [1.807, 2.05) is 48.5 Å². The van der Waals surface area contributed by atoms with Gasteiger partial charge in [0.1, 0.15) is 11.6 Å². The number of nitrogens with two attached hydrogens (primary N) is 1. The second-order valence-electron chi connectivity index (χ2n) is 6.56. The largest absolute Gasteiger partial charge is 0.384 e. The van der Waals surface area contributed by atoms with Gasteiger partial charge in [0.15, 0.2) is 5.78 Å². The van der Waals surface area contributed by atoms with Crippen LogP contribution in [0.25, 0.3) is 16.8 Å². The van der Waals surface area contributed by atoms with Gasteiger partial charge in [-0.1, -0.05) is 42.5 Å². The molecule has 0 amide bonds. The van der Waals surface area contributed by atoms with Crippen molar-refractivity contribution in [3.05, 3.63) is 118 Å². The quantitative estimate of drug-likeness (QED) is 0.529. The minimum Gasteiger partial charge on any atom is -0.384 e. The van der Waals surface area contributed by atoms with Gasteiger partial charge in [-0.2, -0.15) is 0 Å². The molecular formula is C24H17FN2O2. The Bertz CT molecular complexity index is 1250. The Balaban J connectivity index is 1.81. The number of rotatable bonds is 4. The number of hydrogen-bond acceptors (Lipinski definition) is 3. The SMILES string of the molecule is Nc1c(C(=O)c2ccc(F)cc2)ccc(=O)n1-c1cccc(-c2ccccc2)c1. The topological polar surface area (TPSA) is 65.1 Å². The Labute approximate surface area is 166 Å². The third-order valence-electron chi connectivity index (χ3n) is 4.69. The maximum absolute atomic E-state index is 13.2. The van der Waals surface area contributed by atoms with Crippen LogP contribution in [0.2, 0.25) is 0 Å². The molecule has 0 aliphatic heterocycles. The van der Waals surface area contributed by atoms with Crippen LogP contribution >= 0.6 is 0 Å². The maximum Gasteiger partial charge on any atom is 0.256 e. The third-order valence-corrected chi connectivity index (χ3v) is 4.69. The average Bonchev–Trinajstić information content (AvgIpc) is 2.75. The zero-order chi connectivity index (χ0) is 20.4. The first kappa shape index (κ1) is 18.4. The Morgan fingerprint density at radius 2 is 1.48 bits per heavy atom. The van der Waals surface area contributed by atoms with Crippen molar-refractivity contribution in [1.82, 2.24) is 4.57 Å². The summed E-state index contributed by atoms with van der Waals surface area (Å²) in [5.41, 5.74) is 8.85. The fraction of sp³-hybridized carbons (Fsp3) is 0. The van der Waals surface area contributed by atoms with Crippen LogP contribution in [0.15, 0.2) is 95.8 Å². The number of pyridine rings is 1. The highest BCUT2D eigenvalue weighted by molar-refractivity contribution is 6.11. The zero-order valence-corrected chi connectivity index (χ0v) is 15.4. The van der Waals surface area contributed by atoms with E-state index in [1.165, 1.54) is 41.0 Å². The van der Waals surface area contributed by atoms with Gasteiger partial charge in [0.2, 0.25) is 0 Å². The first-order chi connectivity index (χ1) is 14.0. The molecule has 5 heteroatoms. The number of nitrogen functional groups attached to an aromatic ring is 1. The van der Waals surface area contributed by atoms with Crippen molar-refractivity contribution in [2.45, 2.75) is 0 Å². The summed E-state index contributed by atoms with van der Waals surface area (Å²) in [6, 6.07) is 25.0. The predicted octanol–water partition coefficient (Wildman–Crippen LogP) is 4.46. The molecule has 142 valence electrons. The van der Waals surface area contributed by atoms with E-state index in [-0.39, 0.29) is 22.7 Å². The maximum atomic E-state index is 13.2. The van der Waals surface area contributed by atoms with Crippen molar-refractivity contribution in [2.24, 2.45) is 0 Å². The number of benzene rings is 3. The molecule has 29 heavy (non-hydrogen) atoms. The molecule has 4 rings (SSSR count). The lowest BCUT2D eigenvalue weighted by molar-refractivity contribution is 0.103. The molecule has 0 aliphatic rings. The molecule has 0 radical (unpaired) electrons. The molecule has 3 aromatic carbocycles. The molecule has 4 aromatic rings. The zero-order valence-electron chi connectivity index (χ0n) is 15.4. The first-order valence-electron chi connectivity index (χ1n) is 9.02. The standard InChI is InChI=1S/C24H17FN2O2/c25-19-11-9-17(10-12-19)23(29)21-13-14-22(28)27(24(21)26)20-8-4-7-18(15-20)16-5-2-1-3-6-16/h1-15H,26H2. The molecular weight excluding hydrogens is 367 g/mol. The molecule has 1 aromatic heterocycles. The van der Waals surface area contributed by atoms with Crippen molar-refractivity contribution in [1.29, 1.82) is 0 Å². The number of nitrogens with zero attached hydrogens (tertiary/aromatic N) is 1. The summed E-state index contributed by atoms with van der Waals surface area (Å²) in [6.07, 6.45) is 0. The van der Waals surface area contributed by atoms with Crippen LogP contribution in [0.3, 0.4) is 0 Å². The Hall–Kier alpha value is -3.99. The van der Waals surface area contributed by atoms with Crippen LogP contribution in [0.1, 0.15) is 15.9 Å². The first-order valence-corrected chi connectivity index (χ1v) is 9.02. The normalized spacial score (nSPS) is 10.7. The summed E-state index contributed by atoms with van der Waals surface area (Å²) >= 11 is 0. The molecule has 0 saturated heterocycles. The van der Waals surface area contributed by atoms with Gasteiger partial charge in [0.05, 0.1) is 11.3 Å². The highest BCUT2D eigenvalue weighted by atomic mass is 19.1. The highest BCUT2D eigenvalue weighted by Crippen LogP contribution is 2.24. The number of halogens is 1. The number of ketones is 1. The summed E-state index contributed by atoms with van der Waals surface area (Å²) in [5, 5.41) is 0. The fourth-order valence-electron chi connectivity index (χ4n) is 3.22. The lowest BCUT2D eigenvalue weighted by atomic mass is 10.0. The average molecular weight is 384 g/mol. The number of aromatic nitrogens is 1. The fourth-order valence-corrected chi connectivity index (χ4v) is 3.22. The van der Waals surface area contributed by atoms with Crippen molar-refractivity contribution >= 4 is 11.6 Å². The number of carbonyl (C=O) groups excluding carboxylic acids is 1. The Kier molecular flexibility index (Phi) is 4.79. The summed E-state index contributed by atoms with van der Waals surface area (Å²) in [5.74, 6) is -0.773. The molecule has 1 heterocycles. The predicted molar refractivity (Wildman–Crippen MR) is 112 cm³/mol. The summed E-state index contributed by atoms with van der Waals surface area (Å²) in [4.78, 5) is 25.4. The van der Waals surface area contributed by atoms with Crippen LogP contribution in [0.4, 0.5) is 10.2 Å². The van der Waals surface area contributed by atoms with Crippen LogP contribution in [-0.4, -0.2) is 10.4 Å². The van der Waals surface area contributed by atoms with Gasteiger partial charge in [-0.05, 0) is 53.6 Å². The van der Waals surface area contributed by atoms with Gasteiger partial charge >= 0.3 is 0 Å². The summed E-state index contributed by atoms with van der Waals surface area (Å²) in [7, 11) is 0.